The number of amides is 2. The molecule has 3 aromatic rings. The van der Waals surface area contributed by atoms with Crippen LogP contribution in [0, 0.1) is 6.92 Å². The lowest BCUT2D eigenvalue weighted by atomic mass is 10.2. The van der Waals surface area contributed by atoms with Gasteiger partial charge in [-0.15, -0.1) is 0 Å². The molecular weight excluding hydrogens is 461 g/mol. The zero-order valence-electron chi connectivity index (χ0n) is 17.5. The summed E-state index contributed by atoms with van der Waals surface area (Å²) in [5.41, 5.74) is 0.381. The first-order valence-corrected chi connectivity index (χ1v) is 9.99. The monoisotopic (exact) mass is 480 g/mol. The van der Waals surface area contributed by atoms with Gasteiger partial charge in [-0.05, 0) is 62.0 Å². The van der Waals surface area contributed by atoms with Crippen molar-refractivity contribution in [3.05, 3.63) is 76.6 Å². The molecule has 33 heavy (non-hydrogen) atoms. The predicted octanol–water partition coefficient (Wildman–Crippen LogP) is 5.71. The Bertz CT molecular complexity index is 1160. The molecule has 0 fully saturated rings. The third-order valence-electron chi connectivity index (χ3n) is 4.50. The number of nitrogens with zero attached hydrogens (tertiary/aromatic N) is 1. The summed E-state index contributed by atoms with van der Waals surface area (Å²) in [5, 5.41) is 16.9. The van der Waals surface area contributed by atoms with Gasteiger partial charge in [-0.1, -0.05) is 11.6 Å². The minimum atomic E-state index is -4.64. The number of hydrogen-bond acceptors (Lipinski definition) is 5. The molecule has 0 aliphatic rings. The van der Waals surface area contributed by atoms with Crippen molar-refractivity contribution in [1.82, 2.24) is 10.3 Å². The van der Waals surface area contributed by atoms with Gasteiger partial charge in [-0.3, -0.25) is 10.3 Å². The molecule has 2 aromatic carbocycles. The van der Waals surface area contributed by atoms with Crippen LogP contribution in [0.15, 0.2) is 54.7 Å². The van der Waals surface area contributed by atoms with Crippen molar-refractivity contribution >= 4 is 29.0 Å². The largest absolute Gasteiger partial charge is 0.457 e. The Labute approximate surface area is 192 Å². The predicted molar refractivity (Wildman–Crippen MR) is 119 cm³/mol. The maximum Gasteiger partial charge on any atom is 0.417 e. The van der Waals surface area contributed by atoms with Crippen molar-refractivity contribution in [2.24, 2.45) is 0 Å². The van der Waals surface area contributed by atoms with Crippen molar-refractivity contribution in [2.45, 2.75) is 19.3 Å². The fourth-order valence-corrected chi connectivity index (χ4v) is 3.10. The molecule has 0 spiro atoms. The van der Waals surface area contributed by atoms with E-state index < -0.39 is 29.0 Å². The number of alkyl halides is 3. The number of pyridine rings is 1. The van der Waals surface area contributed by atoms with Gasteiger partial charge in [0.2, 0.25) is 0 Å². The molecule has 0 unspecified atom stereocenters. The summed E-state index contributed by atoms with van der Waals surface area (Å²) in [6.07, 6.45) is -4.08. The average Bonchev–Trinajstić information content (AvgIpc) is 2.76. The number of anilines is 2. The first kappa shape index (κ1) is 24.3. The first-order chi connectivity index (χ1) is 15.6. The number of hydrogen-bond donors (Lipinski definition) is 4. The highest BCUT2D eigenvalue weighted by molar-refractivity contribution is 6.31. The normalized spacial score (nSPS) is 12.2. The molecule has 3 rings (SSSR count). The van der Waals surface area contributed by atoms with E-state index in [4.69, 9.17) is 16.3 Å². The highest BCUT2D eigenvalue weighted by Crippen LogP contribution is 2.36. The van der Waals surface area contributed by atoms with Crippen LogP contribution in [0.1, 0.15) is 23.0 Å². The first-order valence-electron chi connectivity index (χ1n) is 9.61. The Kier molecular flexibility index (Phi) is 7.42. The van der Waals surface area contributed by atoms with Crippen LogP contribution in [-0.2, 0) is 6.18 Å². The zero-order chi connectivity index (χ0) is 24.2. The van der Waals surface area contributed by atoms with Crippen LogP contribution in [-0.4, -0.2) is 23.2 Å². The van der Waals surface area contributed by atoms with Crippen molar-refractivity contribution in [3.63, 3.8) is 0 Å². The second kappa shape index (κ2) is 10.1. The lowest BCUT2D eigenvalue weighted by molar-refractivity contribution is -0.137. The topological polar surface area (TPSA) is 95.5 Å². The van der Waals surface area contributed by atoms with E-state index in [9.17, 15) is 23.1 Å². The highest BCUT2D eigenvalue weighted by atomic mass is 35.5. The summed E-state index contributed by atoms with van der Waals surface area (Å²) in [5.74, 6) is 0.962. The van der Waals surface area contributed by atoms with Gasteiger partial charge < -0.3 is 20.5 Å². The number of aliphatic hydroxyl groups is 1. The van der Waals surface area contributed by atoms with Gasteiger partial charge in [0.15, 0.2) is 0 Å². The summed E-state index contributed by atoms with van der Waals surface area (Å²) in [7, 11) is 1.59. The van der Waals surface area contributed by atoms with Crippen LogP contribution < -0.4 is 20.7 Å². The molecule has 1 aromatic heterocycles. The Morgan fingerprint density at radius 2 is 1.76 bits per heavy atom. The molecule has 4 N–H and O–H groups in total. The Hall–Kier alpha value is -3.34. The van der Waals surface area contributed by atoms with Crippen LogP contribution in [0.2, 0.25) is 5.02 Å². The van der Waals surface area contributed by atoms with E-state index in [-0.39, 0.29) is 5.69 Å². The van der Waals surface area contributed by atoms with Crippen molar-refractivity contribution in [2.75, 3.05) is 17.7 Å². The lowest BCUT2D eigenvalue weighted by Gasteiger charge is -2.14. The fourth-order valence-electron chi connectivity index (χ4n) is 2.87. The van der Waals surface area contributed by atoms with E-state index in [0.717, 1.165) is 12.1 Å². The molecule has 1 heterocycles. The average molecular weight is 481 g/mol. The summed E-state index contributed by atoms with van der Waals surface area (Å²) >= 11 is 5.59. The van der Waals surface area contributed by atoms with E-state index in [2.05, 4.69) is 20.9 Å². The quantitative estimate of drug-likeness (QED) is 0.339. The molecule has 174 valence electrons. The number of carbonyl (C=O) groups excluding carboxylic acids is 1. The van der Waals surface area contributed by atoms with E-state index in [1.54, 1.807) is 44.3 Å². The number of carbonyl (C=O) groups is 1. The summed E-state index contributed by atoms with van der Waals surface area (Å²) in [6, 6.07) is 10.4. The SMILES string of the molecule is CN[C@@H](O)c1cc(Oc2ccc(NC(=O)Nc3ccc(Cl)c(C(F)(F)F)c3)cc2C)ccn1. The number of benzene rings is 2. The standard InChI is InChI=1S/C22H20ClF3N4O3/c1-12-9-13(4-6-19(12)33-15-7-8-28-18(11-15)20(31)27-2)29-21(32)30-14-3-5-17(23)16(10-14)22(24,25)26/h3-11,20,27,31H,1-2H3,(H2,29,30,32)/t20-/m0/s1. The smallest absolute Gasteiger partial charge is 0.417 e. The summed E-state index contributed by atoms with van der Waals surface area (Å²) < 4.78 is 44.8. The second-order valence-corrected chi connectivity index (χ2v) is 7.37. The number of halogens is 4. The number of ether oxygens (including phenoxy) is 1. The maximum atomic E-state index is 13.0. The number of aryl methyl sites for hydroxylation is 1. The molecule has 7 nitrogen and oxygen atoms in total. The molecule has 0 aliphatic carbocycles. The minimum Gasteiger partial charge on any atom is -0.457 e. The Morgan fingerprint density at radius 1 is 1.09 bits per heavy atom. The minimum absolute atomic E-state index is 0.0573. The van der Waals surface area contributed by atoms with E-state index in [0.29, 0.717) is 28.4 Å². The Morgan fingerprint density at radius 3 is 2.39 bits per heavy atom. The molecule has 0 aliphatic heterocycles. The van der Waals surface area contributed by atoms with E-state index in [1.165, 1.54) is 12.3 Å². The van der Waals surface area contributed by atoms with Crippen molar-refractivity contribution in [3.8, 4) is 11.5 Å². The second-order valence-electron chi connectivity index (χ2n) is 6.96. The number of rotatable bonds is 6. The lowest BCUT2D eigenvalue weighted by Crippen LogP contribution is -2.20. The van der Waals surface area contributed by atoms with E-state index >= 15 is 0 Å². The molecule has 1 atom stereocenters. The number of urea groups is 1. The van der Waals surface area contributed by atoms with Crippen LogP contribution in [0.4, 0.5) is 29.3 Å². The molecule has 0 saturated carbocycles. The summed E-state index contributed by atoms with van der Waals surface area (Å²) in [4.78, 5) is 16.3. The molecule has 0 radical (unpaired) electrons. The van der Waals surface area contributed by atoms with Crippen LogP contribution in [0.25, 0.3) is 0 Å². The molecule has 0 saturated heterocycles. The van der Waals surface area contributed by atoms with Crippen LogP contribution in [0.3, 0.4) is 0 Å². The van der Waals surface area contributed by atoms with Crippen LogP contribution in [0.5, 0.6) is 11.5 Å². The number of aromatic nitrogens is 1. The third-order valence-corrected chi connectivity index (χ3v) is 4.83. The Balaban J connectivity index is 1.68. The van der Waals surface area contributed by atoms with Gasteiger partial charge in [-0.2, -0.15) is 13.2 Å². The van der Waals surface area contributed by atoms with Gasteiger partial charge in [0.25, 0.3) is 0 Å². The van der Waals surface area contributed by atoms with Gasteiger partial charge in [-0.25, -0.2) is 4.79 Å². The van der Waals surface area contributed by atoms with Crippen LogP contribution >= 0.6 is 11.6 Å². The molecule has 0 bridgehead atoms. The maximum absolute atomic E-state index is 13.0. The molecular formula is C22H20ClF3N4O3. The number of aliphatic hydroxyl groups excluding tert-OH is 1. The fraction of sp³-hybridized carbons (Fsp3) is 0.182. The van der Waals surface area contributed by atoms with Gasteiger partial charge in [0, 0.05) is 23.6 Å². The van der Waals surface area contributed by atoms with Gasteiger partial charge >= 0.3 is 12.2 Å². The molecule has 2 amide bonds. The highest BCUT2D eigenvalue weighted by Gasteiger charge is 2.33. The van der Waals surface area contributed by atoms with Crippen molar-refractivity contribution in [1.29, 1.82) is 0 Å². The van der Waals surface area contributed by atoms with Gasteiger partial charge in [0.05, 0.1) is 16.3 Å². The number of nitrogens with one attached hydrogen (secondary N) is 3. The zero-order valence-corrected chi connectivity index (χ0v) is 18.3. The van der Waals surface area contributed by atoms with Gasteiger partial charge in [0.1, 0.15) is 17.7 Å². The van der Waals surface area contributed by atoms with Crippen molar-refractivity contribution < 1.29 is 27.8 Å². The summed E-state index contributed by atoms with van der Waals surface area (Å²) in [6.45, 7) is 1.76. The van der Waals surface area contributed by atoms with E-state index in [1.807, 2.05) is 0 Å². The molecule has 11 heteroatoms. The third kappa shape index (κ3) is 6.35.